The quantitative estimate of drug-likeness (QED) is 0.683. The van der Waals surface area contributed by atoms with Crippen molar-refractivity contribution in [3.63, 3.8) is 0 Å². The summed E-state index contributed by atoms with van der Waals surface area (Å²) in [7, 11) is 0. The van der Waals surface area contributed by atoms with Gasteiger partial charge in [-0.3, -0.25) is 0 Å². The third-order valence-electron chi connectivity index (χ3n) is 3.39. The van der Waals surface area contributed by atoms with Gasteiger partial charge in [0.2, 0.25) is 0 Å². The fourth-order valence-corrected chi connectivity index (χ4v) is 2.07. The molecule has 0 aromatic heterocycles. The van der Waals surface area contributed by atoms with E-state index in [0.29, 0.717) is 5.92 Å². The molecule has 82 valence electrons. The van der Waals surface area contributed by atoms with Gasteiger partial charge in [-0.05, 0) is 37.2 Å². The Kier molecular flexibility index (Phi) is 5.24. The fraction of sp³-hybridized carbons (Fsp3) is 0.846. The Morgan fingerprint density at radius 2 is 2.00 bits per heavy atom. The molecule has 0 aliphatic heterocycles. The molecule has 0 saturated carbocycles. The van der Waals surface area contributed by atoms with E-state index in [1.54, 1.807) is 0 Å². The summed E-state index contributed by atoms with van der Waals surface area (Å²) in [4.78, 5) is 0. The fourth-order valence-electron chi connectivity index (χ4n) is 2.07. The number of rotatable bonds is 3. The molecule has 1 aliphatic carbocycles. The van der Waals surface area contributed by atoms with Gasteiger partial charge in [-0.25, -0.2) is 0 Å². The molecule has 0 radical (unpaired) electrons. The first-order chi connectivity index (χ1) is 6.75. The highest BCUT2D eigenvalue weighted by molar-refractivity contribution is 5.09. The van der Waals surface area contributed by atoms with Gasteiger partial charge >= 0.3 is 0 Å². The Bertz CT molecular complexity index is 184. The van der Waals surface area contributed by atoms with Gasteiger partial charge in [0.05, 0.1) is 6.10 Å². The summed E-state index contributed by atoms with van der Waals surface area (Å²) >= 11 is 0. The Hall–Kier alpha value is -0.300. The smallest absolute Gasteiger partial charge is 0.0775 e. The largest absolute Gasteiger partial charge is 0.388 e. The van der Waals surface area contributed by atoms with Gasteiger partial charge in [0.15, 0.2) is 0 Å². The lowest BCUT2D eigenvalue weighted by Gasteiger charge is -2.22. The maximum absolute atomic E-state index is 10.1. The van der Waals surface area contributed by atoms with Crippen molar-refractivity contribution in [3.05, 3.63) is 11.6 Å². The number of hydrogen-bond acceptors (Lipinski definition) is 1. The normalized spacial score (nSPS) is 23.2. The van der Waals surface area contributed by atoms with Crippen LogP contribution >= 0.6 is 0 Å². The number of allylic oxidation sites excluding steroid dienone is 1. The van der Waals surface area contributed by atoms with Crippen LogP contribution in [0.3, 0.4) is 0 Å². The van der Waals surface area contributed by atoms with Crippen molar-refractivity contribution in [2.45, 2.75) is 64.9 Å². The third-order valence-corrected chi connectivity index (χ3v) is 3.39. The standard InChI is InChI=1S/C13H24O/c1-3-11(2)13(14)12-9-7-5-4-6-8-10-12/h9,11,13-14H,3-8,10H2,1-2H3. The predicted molar refractivity (Wildman–Crippen MR) is 61.2 cm³/mol. The highest BCUT2D eigenvalue weighted by atomic mass is 16.3. The van der Waals surface area contributed by atoms with Crippen molar-refractivity contribution in [2.24, 2.45) is 5.92 Å². The van der Waals surface area contributed by atoms with Crippen molar-refractivity contribution < 1.29 is 5.11 Å². The van der Waals surface area contributed by atoms with Gasteiger partial charge in [-0.2, -0.15) is 0 Å². The molecule has 2 atom stereocenters. The molecule has 0 bridgehead atoms. The lowest BCUT2D eigenvalue weighted by molar-refractivity contribution is 0.143. The van der Waals surface area contributed by atoms with Crippen LogP contribution < -0.4 is 0 Å². The average Bonchev–Trinajstić information content (AvgIpc) is 2.15. The second-order valence-electron chi connectivity index (χ2n) is 4.56. The number of hydrogen-bond donors (Lipinski definition) is 1. The van der Waals surface area contributed by atoms with Crippen molar-refractivity contribution in [2.75, 3.05) is 0 Å². The summed E-state index contributed by atoms with van der Waals surface area (Å²) in [6.07, 6.45) is 10.7. The highest BCUT2D eigenvalue weighted by Crippen LogP contribution is 2.24. The molecular weight excluding hydrogens is 172 g/mol. The van der Waals surface area contributed by atoms with Crippen LogP contribution in [0, 0.1) is 5.92 Å². The SMILES string of the molecule is CCC(C)C(O)C1=CCCCCCC1. The van der Waals surface area contributed by atoms with Gasteiger partial charge in [0.1, 0.15) is 0 Å². The van der Waals surface area contributed by atoms with E-state index < -0.39 is 0 Å². The molecule has 0 spiro atoms. The summed E-state index contributed by atoms with van der Waals surface area (Å²) in [5.41, 5.74) is 1.30. The topological polar surface area (TPSA) is 20.2 Å². The Balaban J connectivity index is 2.53. The van der Waals surface area contributed by atoms with Crippen molar-refractivity contribution in [3.8, 4) is 0 Å². The summed E-state index contributed by atoms with van der Waals surface area (Å²) in [6.45, 7) is 4.29. The van der Waals surface area contributed by atoms with Crippen LogP contribution in [0.4, 0.5) is 0 Å². The van der Waals surface area contributed by atoms with Crippen LogP contribution in [0.2, 0.25) is 0 Å². The maximum Gasteiger partial charge on any atom is 0.0775 e. The summed E-state index contributed by atoms with van der Waals surface area (Å²) in [6, 6.07) is 0. The van der Waals surface area contributed by atoms with Crippen LogP contribution in [0.5, 0.6) is 0 Å². The van der Waals surface area contributed by atoms with Gasteiger partial charge < -0.3 is 5.11 Å². The minimum Gasteiger partial charge on any atom is -0.388 e. The Labute approximate surface area is 88.2 Å². The first kappa shape index (κ1) is 11.8. The minimum atomic E-state index is -0.182. The summed E-state index contributed by atoms with van der Waals surface area (Å²) in [5.74, 6) is 0.417. The van der Waals surface area contributed by atoms with Gasteiger partial charge in [-0.1, -0.05) is 39.2 Å². The van der Waals surface area contributed by atoms with E-state index in [2.05, 4.69) is 19.9 Å². The second-order valence-corrected chi connectivity index (χ2v) is 4.56. The summed E-state index contributed by atoms with van der Waals surface area (Å²) in [5, 5.41) is 10.1. The second kappa shape index (κ2) is 6.23. The van der Waals surface area contributed by atoms with E-state index >= 15 is 0 Å². The molecule has 14 heavy (non-hydrogen) atoms. The summed E-state index contributed by atoms with van der Waals surface area (Å²) < 4.78 is 0. The van der Waals surface area contributed by atoms with E-state index in [4.69, 9.17) is 0 Å². The molecule has 1 heteroatoms. The molecule has 2 unspecified atom stereocenters. The first-order valence-electron chi connectivity index (χ1n) is 6.12. The van der Waals surface area contributed by atoms with Crippen LogP contribution in [0.15, 0.2) is 11.6 Å². The number of aliphatic hydroxyl groups is 1. The van der Waals surface area contributed by atoms with Crippen molar-refractivity contribution in [1.82, 2.24) is 0 Å². The molecule has 1 aliphatic rings. The molecular formula is C13H24O. The van der Waals surface area contributed by atoms with E-state index in [-0.39, 0.29) is 6.10 Å². The van der Waals surface area contributed by atoms with Gasteiger partial charge in [0, 0.05) is 0 Å². The molecule has 0 amide bonds. The van der Waals surface area contributed by atoms with Crippen LogP contribution in [0.1, 0.15) is 58.8 Å². The molecule has 1 rings (SSSR count). The van der Waals surface area contributed by atoms with Crippen LogP contribution in [0.25, 0.3) is 0 Å². The molecule has 0 aromatic carbocycles. The monoisotopic (exact) mass is 196 g/mol. The molecule has 1 N–H and O–H groups in total. The van der Waals surface area contributed by atoms with E-state index in [0.717, 1.165) is 12.8 Å². The number of aliphatic hydroxyl groups excluding tert-OH is 1. The Morgan fingerprint density at radius 3 is 2.71 bits per heavy atom. The highest BCUT2D eigenvalue weighted by Gasteiger charge is 2.17. The van der Waals surface area contributed by atoms with Crippen molar-refractivity contribution in [1.29, 1.82) is 0 Å². The molecule has 0 aromatic rings. The van der Waals surface area contributed by atoms with E-state index in [1.807, 2.05) is 0 Å². The van der Waals surface area contributed by atoms with Gasteiger partial charge in [-0.15, -0.1) is 0 Å². The third kappa shape index (κ3) is 3.45. The van der Waals surface area contributed by atoms with Crippen molar-refractivity contribution >= 4 is 0 Å². The maximum atomic E-state index is 10.1. The average molecular weight is 196 g/mol. The first-order valence-corrected chi connectivity index (χ1v) is 6.12. The van der Waals surface area contributed by atoms with E-state index in [9.17, 15) is 5.11 Å². The molecule has 0 fully saturated rings. The zero-order valence-electron chi connectivity index (χ0n) is 9.63. The lowest BCUT2D eigenvalue weighted by atomic mass is 9.89. The zero-order chi connectivity index (χ0) is 10.4. The van der Waals surface area contributed by atoms with Crippen LogP contribution in [-0.4, -0.2) is 11.2 Å². The molecule has 0 saturated heterocycles. The molecule has 0 heterocycles. The molecule has 1 nitrogen and oxygen atoms in total. The zero-order valence-corrected chi connectivity index (χ0v) is 9.63. The predicted octanol–water partition coefficient (Wildman–Crippen LogP) is 3.67. The lowest BCUT2D eigenvalue weighted by Crippen LogP contribution is -2.20. The van der Waals surface area contributed by atoms with Crippen LogP contribution in [-0.2, 0) is 0 Å². The van der Waals surface area contributed by atoms with Gasteiger partial charge in [0.25, 0.3) is 0 Å². The minimum absolute atomic E-state index is 0.182. The van der Waals surface area contributed by atoms with E-state index in [1.165, 1.54) is 37.7 Å². The Morgan fingerprint density at radius 1 is 1.29 bits per heavy atom.